The van der Waals surface area contributed by atoms with E-state index in [-0.39, 0.29) is 5.54 Å². The number of nitrogens with zero attached hydrogens (tertiary/aromatic N) is 2. The number of rotatable bonds is 1. The molecule has 3 rings (SSSR count). The summed E-state index contributed by atoms with van der Waals surface area (Å²) in [6.07, 6.45) is 1.88. The Hall–Kier alpha value is -1.20. The van der Waals surface area contributed by atoms with E-state index in [1.165, 1.54) is 0 Å². The third kappa shape index (κ3) is 1.47. The number of aromatic nitrogens is 2. The van der Waals surface area contributed by atoms with Crippen molar-refractivity contribution >= 4 is 32.7 Å². The summed E-state index contributed by atoms with van der Waals surface area (Å²) in [5.74, 6) is 1.16. The molecule has 0 spiro atoms. The number of fused-ring (bicyclic) bond motifs is 1. The van der Waals surface area contributed by atoms with Gasteiger partial charge in [-0.05, 0) is 31.0 Å². The second kappa shape index (κ2) is 3.15. The first-order valence-electron chi connectivity index (χ1n) is 5.11. The average Bonchev–Trinajstić information content (AvgIpc) is 2.99. The monoisotopic (exact) mass is 278 g/mol. The van der Waals surface area contributed by atoms with Crippen molar-refractivity contribution in [2.24, 2.45) is 5.73 Å². The molecular weight excluding hydrogens is 268 g/mol. The van der Waals surface area contributed by atoms with E-state index < -0.39 is 0 Å². The van der Waals surface area contributed by atoms with Crippen molar-refractivity contribution in [1.29, 1.82) is 0 Å². The Morgan fingerprint density at radius 1 is 1.25 bits per heavy atom. The average molecular weight is 279 g/mol. The third-order valence-electron chi connectivity index (χ3n) is 2.92. The molecule has 1 heterocycles. The molecule has 1 aromatic heterocycles. The fourth-order valence-corrected chi connectivity index (χ4v) is 2.07. The second-order valence-electron chi connectivity index (χ2n) is 4.25. The van der Waals surface area contributed by atoms with Crippen LogP contribution in [0.15, 0.2) is 22.7 Å². The lowest BCUT2D eigenvalue weighted by Crippen LogP contribution is -2.22. The molecule has 0 saturated heterocycles. The second-order valence-corrected chi connectivity index (χ2v) is 5.17. The summed E-state index contributed by atoms with van der Waals surface area (Å²) >= 11 is 3.40. The summed E-state index contributed by atoms with van der Waals surface area (Å²) in [6, 6.07) is 5.78. The van der Waals surface area contributed by atoms with Crippen LogP contribution in [0.1, 0.15) is 18.7 Å². The first kappa shape index (κ1) is 9.99. The fourth-order valence-electron chi connectivity index (χ4n) is 1.71. The lowest BCUT2D eigenvalue weighted by atomic mass is 10.2. The van der Waals surface area contributed by atoms with Crippen molar-refractivity contribution in [1.82, 2.24) is 9.97 Å². The third-order valence-corrected chi connectivity index (χ3v) is 3.41. The Morgan fingerprint density at radius 3 is 2.69 bits per heavy atom. The Labute approximate surface area is 101 Å². The predicted molar refractivity (Wildman–Crippen MR) is 66.7 cm³/mol. The van der Waals surface area contributed by atoms with Crippen molar-refractivity contribution in [2.75, 3.05) is 5.73 Å². The van der Waals surface area contributed by atoms with Gasteiger partial charge < -0.3 is 11.5 Å². The summed E-state index contributed by atoms with van der Waals surface area (Å²) in [7, 11) is 0. The van der Waals surface area contributed by atoms with E-state index in [1.807, 2.05) is 18.2 Å². The minimum absolute atomic E-state index is 0.338. The summed E-state index contributed by atoms with van der Waals surface area (Å²) in [5.41, 5.74) is 12.5. The highest BCUT2D eigenvalue weighted by molar-refractivity contribution is 9.10. The van der Waals surface area contributed by atoms with Crippen LogP contribution < -0.4 is 11.5 Å². The number of anilines is 1. The van der Waals surface area contributed by atoms with Crippen LogP contribution in [0.2, 0.25) is 0 Å². The SMILES string of the molecule is Nc1nc(C2(N)CC2)nc2ccc(Br)cc12. The molecule has 5 heteroatoms. The van der Waals surface area contributed by atoms with Gasteiger partial charge in [-0.2, -0.15) is 0 Å². The number of halogens is 1. The topological polar surface area (TPSA) is 77.8 Å². The molecule has 0 radical (unpaired) electrons. The van der Waals surface area contributed by atoms with Crippen LogP contribution in [0.3, 0.4) is 0 Å². The molecule has 1 saturated carbocycles. The lowest BCUT2D eigenvalue weighted by Gasteiger charge is -2.10. The first-order valence-corrected chi connectivity index (χ1v) is 5.90. The molecule has 4 N–H and O–H groups in total. The van der Waals surface area contributed by atoms with Crippen LogP contribution in [0, 0.1) is 0 Å². The van der Waals surface area contributed by atoms with E-state index >= 15 is 0 Å². The maximum atomic E-state index is 6.07. The quantitative estimate of drug-likeness (QED) is 0.836. The van der Waals surface area contributed by atoms with E-state index in [1.54, 1.807) is 0 Å². The molecule has 82 valence electrons. The van der Waals surface area contributed by atoms with Crippen LogP contribution in [0.4, 0.5) is 5.82 Å². The molecule has 16 heavy (non-hydrogen) atoms. The molecular formula is C11H11BrN4. The molecule has 1 aliphatic carbocycles. The number of nitrogen functional groups attached to an aromatic ring is 1. The number of benzene rings is 1. The maximum Gasteiger partial charge on any atom is 0.151 e. The smallest absolute Gasteiger partial charge is 0.151 e. The zero-order valence-electron chi connectivity index (χ0n) is 8.57. The van der Waals surface area contributed by atoms with Gasteiger partial charge >= 0.3 is 0 Å². The molecule has 2 aromatic rings. The minimum Gasteiger partial charge on any atom is -0.383 e. The Balaban J connectivity index is 2.26. The zero-order valence-corrected chi connectivity index (χ0v) is 10.2. The molecule has 1 aromatic carbocycles. The van der Waals surface area contributed by atoms with Gasteiger partial charge in [-0.3, -0.25) is 0 Å². The van der Waals surface area contributed by atoms with Crippen molar-refractivity contribution in [3.05, 3.63) is 28.5 Å². The normalized spacial score (nSPS) is 17.6. The van der Waals surface area contributed by atoms with Gasteiger partial charge in [0, 0.05) is 9.86 Å². The molecule has 0 bridgehead atoms. The van der Waals surface area contributed by atoms with E-state index in [2.05, 4.69) is 25.9 Å². The van der Waals surface area contributed by atoms with Crippen molar-refractivity contribution in [3.63, 3.8) is 0 Å². The number of nitrogens with two attached hydrogens (primary N) is 2. The van der Waals surface area contributed by atoms with Gasteiger partial charge in [-0.15, -0.1) is 0 Å². The van der Waals surface area contributed by atoms with E-state index in [0.717, 1.165) is 28.2 Å². The summed E-state index contributed by atoms with van der Waals surface area (Å²) < 4.78 is 0.969. The zero-order chi connectivity index (χ0) is 11.3. The molecule has 1 fully saturated rings. The van der Waals surface area contributed by atoms with Gasteiger partial charge in [0.15, 0.2) is 5.82 Å². The number of hydrogen-bond acceptors (Lipinski definition) is 4. The highest BCUT2D eigenvalue weighted by Gasteiger charge is 2.43. The van der Waals surface area contributed by atoms with E-state index in [0.29, 0.717) is 11.6 Å². The molecule has 0 amide bonds. The van der Waals surface area contributed by atoms with Gasteiger partial charge in [-0.1, -0.05) is 15.9 Å². The fraction of sp³-hybridized carbons (Fsp3) is 0.273. The molecule has 1 aliphatic rings. The van der Waals surface area contributed by atoms with Crippen molar-refractivity contribution in [2.45, 2.75) is 18.4 Å². The highest BCUT2D eigenvalue weighted by atomic mass is 79.9. The van der Waals surface area contributed by atoms with Crippen LogP contribution >= 0.6 is 15.9 Å². The molecule has 0 unspecified atom stereocenters. The Kier molecular flexibility index (Phi) is 1.96. The van der Waals surface area contributed by atoms with E-state index in [9.17, 15) is 0 Å². The van der Waals surface area contributed by atoms with Crippen molar-refractivity contribution in [3.8, 4) is 0 Å². The van der Waals surface area contributed by atoms with Crippen molar-refractivity contribution < 1.29 is 0 Å². The van der Waals surface area contributed by atoms with Gasteiger partial charge in [0.2, 0.25) is 0 Å². The van der Waals surface area contributed by atoms with Gasteiger partial charge in [0.1, 0.15) is 5.82 Å². The molecule has 4 nitrogen and oxygen atoms in total. The predicted octanol–water partition coefficient (Wildman–Crippen LogP) is 1.92. The lowest BCUT2D eigenvalue weighted by molar-refractivity contribution is 0.679. The first-order chi connectivity index (χ1) is 7.58. The summed E-state index contributed by atoms with van der Waals surface area (Å²) in [5, 5.41) is 0.863. The van der Waals surface area contributed by atoms with Crippen LogP contribution in [-0.4, -0.2) is 9.97 Å². The Bertz CT molecular complexity index is 577. The van der Waals surface area contributed by atoms with Gasteiger partial charge in [-0.25, -0.2) is 9.97 Å². The van der Waals surface area contributed by atoms with Gasteiger partial charge in [0.05, 0.1) is 11.1 Å². The Morgan fingerprint density at radius 2 is 2.00 bits per heavy atom. The summed E-state index contributed by atoms with van der Waals surface area (Å²) in [4.78, 5) is 8.77. The maximum absolute atomic E-state index is 6.07. The van der Waals surface area contributed by atoms with Crippen LogP contribution in [0.5, 0.6) is 0 Å². The molecule has 0 atom stereocenters. The van der Waals surface area contributed by atoms with Crippen LogP contribution in [0.25, 0.3) is 10.9 Å². The highest BCUT2D eigenvalue weighted by Crippen LogP contribution is 2.41. The number of hydrogen-bond donors (Lipinski definition) is 2. The molecule has 0 aliphatic heterocycles. The standard InChI is InChI=1S/C11H11BrN4/c12-6-1-2-8-7(5-6)9(13)16-10(15-8)11(14)3-4-11/h1-2,5H,3-4,14H2,(H2,13,15,16). The van der Waals surface area contributed by atoms with E-state index in [4.69, 9.17) is 11.5 Å². The van der Waals surface area contributed by atoms with Crippen LogP contribution in [-0.2, 0) is 5.54 Å². The summed E-state index contributed by atoms with van der Waals surface area (Å²) in [6.45, 7) is 0. The van der Waals surface area contributed by atoms with Gasteiger partial charge in [0.25, 0.3) is 0 Å². The largest absolute Gasteiger partial charge is 0.383 e. The minimum atomic E-state index is -0.338.